The summed E-state index contributed by atoms with van der Waals surface area (Å²) in [6.45, 7) is 5.18. The highest BCUT2D eigenvalue weighted by Gasteiger charge is 2.16. The third kappa shape index (κ3) is 1.96. The molecular formula is C10H13NO2S. The number of hydrogen-bond donors (Lipinski definition) is 1. The van der Waals surface area contributed by atoms with Gasteiger partial charge in [0, 0.05) is 0 Å². The van der Waals surface area contributed by atoms with Gasteiger partial charge < -0.3 is 5.73 Å². The summed E-state index contributed by atoms with van der Waals surface area (Å²) < 4.78 is 23.3. The molecule has 76 valence electrons. The van der Waals surface area contributed by atoms with Gasteiger partial charge in [0.25, 0.3) is 0 Å². The average molecular weight is 211 g/mol. The van der Waals surface area contributed by atoms with Crippen LogP contribution in [0.4, 0.5) is 5.69 Å². The zero-order chi connectivity index (χ0) is 10.8. The van der Waals surface area contributed by atoms with Gasteiger partial charge in [0.05, 0.1) is 16.3 Å². The van der Waals surface area contributed by atoms with Crippen LogP contribution >= 0.6 is 0 Å². The van der Waals surface area contributed by atoms with Crippen LogP contribution in [0.15, 0.2) is 35.7 Å². The number of hydrogen-bond acceptors (Lipinski definition) is 3. The minimum Gasteiger partial charge on any atom is -0.397 e. The fraction of sp³-hybridized carbons (Fsp3) is 0.200. The van der Waals surface area contributed by atoms with E-state index < -0.39 is 9.84 Å². The van der Waals surface area contributed by atoms with Gasteiger partial charge in [-0.25, -0.2) is 8.42 Å². The quantitative estimate of drug-likeness (QED) is 0.609. The van der Waals surface area contributed by atoms with Crippen molar-refractivity contribution >= 4 is 15.5 Å². The molecule has 0 aliphatic heterocycles. The minimum atomic E-state index is -3.31. The van der Waals surface area contributed by atoms with Crippen molar-refractivity contribution in [2.75, 3.05) is 11.5 Å². The van der Waals surface area contributed by atoms with Gasteiger partial charge in [0.1, 0.15) is 0 Å². The summed E-state index contributed by atoms with van der Waals surface area (Å²) in [4.78, 5) is 0.192. The number of benzene rings is 1. The molecule has 0 aliphatic carbocycles. The summed E-state index contributed by atoms with van der Waals surface area (Å²) in [7, 11) is -3.31. The molecule has 0 spiro atoms. The van der Waals surface area contributed by atoms with Crippen molar-refractivity contribution in [3.63, 3.8) is 0 Å². The molecule has 0 aliphatic rings. The second-order valence-corrected chi connectivity index (χ2v) is 5.06. The molecule has 0 fully saturated rings. The molecule has 3 nitrogen and oxygen atoms in total. The Morgan fingerprint density at radius 3 is 2.71 bits per heavy atom. The maximum atomic E-state index is 11.7. The average Bonchev–Trinajstić information content (AvgIpc) is 2.09. The summed E-state index contributed by atoms with van der Waals surface area (Å²) in [5.41, 5.74) is 6.79. The molecule has 1 aromatic rings. The number of rotatable bonds is 3. The Morgan fingerprint density at radius 1 is 1.50 bits per heavy atom. The van der Waals surface area contributed by atoms with Crippen molar-refractivity contribution in [2.45, 2.75) is 11.8 Å². The molecule has 0 heterocycles. The number of sulfone groups is 1. The standard InChI is InChI=1S/C10H13NO2S/c1-3-7-14(12,13)9-6-4-5-8(2)10(9)11/h3-6H,1,7,11H2,2H3. The van der Waals surface area contributed by atoms with E-state index >= 15 is 0 Å². The van der Waals surface area contributed by atoms with Crippen molar-refractivity contribution < 1.29 is 8.42 Å². The number of para-hydroxylation sites is 1. The van der Waals surface area contributed by atoms with Gasteiger partial charge in [-0.15, -0.1) is 6.58 Å². The van der Waals surface area contributed by atoms with Crippen LogP contribution in [-0.2, 0) is 9.84 Å². The molecule has 0 saturated carbocycles. The monoisotopic (exact) mass is 211 g/mol. The molecular weight excluding hydrogens is 198 g/mol. The Labute approximate surface area is 84.2 Å². The van der Waals surface area contributed by atoms with Crippen LogP contribution in [0.5, 0.6) is 0 Å². The van der Waals surface area contributed by atoms with Crippen molar-refractivity contribution in [3.8, 4) is 0 Å². The first kappa shape index (κ1) is 10.8. The molecule has 0 aromatic heterocycles. The zero-order valence-electron chi connectivity index (χ0n) is 8.03. The topological polar surface area (TPSA) is 60.2 Å². The van der Waals surface area contributed by atoms with E-state index in [1.165, 1.54) is 12.1 Å². The number of aryl methyl sites for hydroxylation is 1. The lowest BCUT2D eigenvalue weighted by Crippen LogP contribution is -2.08. The van der Waals surface area contributed by atoms with E-state index in [2.05, 4.69) is 6.58 Å². The van der Waals surface area contributed by atoms with Crippen molar-refractivity contribution in [1.29, 1.82) is 0 Å². The van der Waals surface area contributed by atoms with Crippen LogP contribution in [0, 0.1) is 6.92 Å². The van der Waals surface area contributed by atoms with Gasteiger partial charge in [-0.1, -0.05) is 18.2 Å². The van der Waals surface area contributed by atoms with E-state index in [-0.39, 0.29) is 10.6 Å². The number of nitrogen functional groups attached to an aromatic ring is 1. The Hall–Kier alpha value is -1.29. The lowest BCUT2D eigenvalue weighted by atomic mass is 10.2. The van der Waals surface area contributed by atoms with Crippen LogP contribution in [0.3, 0.4) is 0 Å². The van der Waals surface area contributed by atoms with Gasteiger partial charge in [-0.2, -0.15) is 0 Å². The predicted molar refractivity (Wildman–Crippen MR) is 57.8 cm³/mol. The summed E-state index contributed by atoms with van der Waals surface area (Å²) >= 11 is 0. The first-order valence-corrected chi connectivity index (χ1v) is 5.83. The van der Waals surface area contributed by atoms with Crippen LogP contribution in [0.25, 0.3) is 0 Å². The third-order valence-corrected chi connectivity index (χ3v) is 3.66. The number of nitrogens with two attached hydrogens (primary N) is 1. The van der Waals surface area contributed by atoms with Gasteiger partial charge >= 0.3 is 0 Å². The molecule has 0 bridgehead atoms. The van der Waals surface area contributed by atoms with Crippen LogP contribution < -0.4 is 5.73 Å². The molecule has 0 atom stereocenters. The minimum absolute atomic E-state index is 0.0827. The van der Waals surface area contributed by atoms with E-state index in [9.17, 15) is 8.42 Å². The molecule has 0 saturated heterocycles. The van der Waals surface area contributed by atoms with E-state index in [4.69, 9.17) is 5.73 Å². The molecule has 0 amide bonds. The van der Waals surface area contributed by atoms with Crippen LogP contribution in [0.1, 0.15) is 5.56 Å². The van der Waals surface area contributed by atoms with Gasteiger partial charge in [-0.3, -0.25) is 0 Å². The first-order valence-electron chi connectivity index (χ1n) is 4.18. The summed E-state index contributed by atoms with van der Waals surface area (Å²) in [5, 5.41) is 0. The van der Waals surface area contributed by atoms with Gasteiger partial charge in [0.15, 0.2) is 9.84 Å². The fourth-order valence-electron chi connectivity index (χ4n) is 1.17. The lowest BCUT2D eigenvalue weighted by Gasteiger charge is -2.07. The van der Waals surface area contributed by atoms with Gasteiger partial charge in [-0.05, 0) is 18.6 Å². The highest BCUT2D eigenvalue weighted by atomic mass is 32.2. The normalized spacial score (nSPS) is 11.2. The Bertz CT molecular complexity index is 449. The maximum absolute atomic E-state index is 11.7. The Balaban J connectivity index is 3.33. The number of anilines is 1. The predicted octanol–water partition coefficient (Wildman–Crippen LogP) is 1.54. The molecule has 0 unspecified atom stereocenters. The second-order valence-electron chi connectivity index (χ2n) is 3.06. The van der Waals surface area contributed by atoms with Crippen molar-refractivity contribution in [3.05, 3.63) is 36.4 Å². The van der Waals surface area contributed by atoms with E-state index in [1.807, 2.05) is 0 Å². The smallest absolute Gasteiger partial charge is 0.183 e. The summed E-state index contributed by atoms with van der Waals surface area (Å²) in [6.07, 6.45) is 1.36. The Morgan fingerprint density at radius 2 is 2.14 bits per heavy atom. The van der Waals surface area contributed by atoms with Crippen LogP contribution in [0.2, 0.25) is 0 Å². The first-order chi connectivity index (χ1) is 6.49. The highest BCUT2D eigenvalue weighted by molar-refractivity contribution is 7.91. The SMILES string of the molecule is C=CCS(=O)(=O)c1cccc(C)c1N. The maximum Gasteiger partial charge on any atom is 0.183 e. The molecule has 4 heteroatoms. The van der Waals surface area contributed by atoms with Crippen molar-refractivity contribution in [2.24, 2.45) is 0 Å². The van der Waals surface area contributed by atoms with E-state index in [0.29, 0.717) is 5.69 Å². The summed E-state index contributed by atoms with van der Waals surface area (Å²) in [5.74, 6) is -0.0827. The lowest BCUT2D eigenvalue weighted by molar-refractivity contribution is 0.599. The third-order valence-electron chi connectivity index (χ3n) is 1.96. The van der Waals surface area contributed by atoms with E-state index in [0.717, 1.165) is 5.56 Å². The molecule has 14 heavy (non-hydrogen) atoms. The van der Waals surface area contributed by atoms with Crippen LogP contribution in [-0.4, -0.2) is 14.2 Å². The van der Waals surface area contributed by atoms with Gasteiger partial charge in [0.2, 0.25) is 0 Å². The largest absolute Gasteiger partial charge is 0.397 e. The highest BCUT2D eigenvalue weighted by Crippen LogP contribution is 2.22. The molecule has 1 rings (SSSR count). The zero-order valence-corrected chi connectivity index (χ0v) is 8.84. The fourth-order valence-corrected chi connectivity index (χ4v) is 2.44. The second kappa shape index (κ2) is 3.84. The van der Waals surface area contributed by atoms with Crippen molar-refractivity contribution in [1.82, 2.24) is 0 Å². The molecule has 2 N–H and O–H groups in total. The summed E-state index contributed by atoms with van der Waals surface area (Å²) in [6, 6.07) is 4.98. The molecule has 0 radical (unpaired) electrons. The molecule has 1 aromatic carbocycles. The van der Waals surface area contributed by atoms with E-state index in [1.54, 1.807) is 19.1 Å². The Kier molecular flexibility index (Phi) is 2.96.